The number of aliphatic hydroxyl groups is 1. The quantitative estimate of drug-likeness (QED) is 0.579. The maximum atomic E-state index is 9.71. The number of hydrogen-bond acceptors (Lipinski definition) is 1. The molecule has 0 saturated heterocycles. The van der Waals surface area contributed by atoms with Gasteiger partial charge in [-0.3, -0.25) is 0 Å². The van der Waals surface area contributed by atoms with E-state index in [9.17, 15) is 5.11 Å². The van der Waals surface area contributed by atoms with Crippen molar-refractivity contribution in [2.45, 2.75) is 31.3 Å². The molecule has 0 aliphatic heterocycles. The Morgan fingerprint density at radius 2 is 2.50 bits per heavy atom. The lowest BCUT2D eigenvalue weighted by atomic mass is 9.88. The highest BCUT2D eigenvalue weighted by Crippen LogP contribution is 2.24. The lowest BCUT2D eigenvalue weighted by Gasteiger charge is -2.25. The van der Waals surface area contributed by atoms with E-state index < -0.39 is 5.60 Å². The summed E-state index contributed by atoms with van der Waals surface area (Å²) >= 11 is 0. The first-order valence-electron chi connectivity index (χ1n) is 3.78. The molecule has 0 aromatic rings. The molecule has 0 heterocycles. The van der Waals surface area contributed by atoms with Crippen LogP contribution in [0.15, 0.2) is 24.8 Å². The van der Waals surface area contributed by atoms with Crippen molar-refractivity contribution in [1.29, 1.82) is 0 Å². The fraction of sp³-hybridized carbons (Fsp3) is 0.556. The third-order valence-corrected chi connectivity index (χ3v) is 1.91. The van der Waals surface area contributed by atoms with Crippen molar-refractivity contribution < 1.29 is 5.11 Å². The Morgan fingerprint density at radius 1 is 1.70 bits per heavy atom. The van der Waals surface area contributed by atoms with E-state index in [1.54, 1.807) is 6.08 Å². The van der Waals surface area contributed by atoms with Crippen molar-refractivity contribution >= 4 is 0 Å². The van der Waals surface area contributed by atoms with Crippen LogP contribution in [0.1, 0.15) is 25.7 Å². The highest BCUT2D eigenvalue weighted by Gasteiger charge is 2.22. The molecule has 0 radical (unpaired) electrons. The molecule has 0 saturated carbocycles. The van der Waals surface area contributed by atoms with Gasteiger partial charge in [0.05, 0.1) is 5.60 Å². The summed E-state index contributed by atoms with van der Waals surface area (Å²) in [6.07, 6.45) is 9.50. The van der Waals surface area contributed by atoms with Crippen molar-refractivity contribution in [1.82, 2.24) is 0 Å². The maximum Gasteiger partial charge on any atom is 0.0861 e. The fourth-order valence-electron chi connectivity index (χ4n) is 1.33. The molecular formula is C9H14O. The van der Waals surface area contributed by atoms with Gasteiger partial charge in [0.1, 0.15) is 0 Å². The van der Waals surface area contributed by atoms with Crippen LogP contribution in [0.3, 0.4) is 0 Å². The van der Waals surface area contributed by atoms with E-state index in [0.29, 0.717) is 6.42 Å². The summed E-state index contributed by atoms with van der Waals surface area (Å²) in [6, 6.07) is 0. The zero-order valence-electron chi connectivity index (χ0n) is 6.21. The molecule has 1 rings (SSSR count). The Bertz CT molecular complexity index is 149. The Labute approximate surface area is 62.1 Å². The third-order valence-electron chi connectivity index (χ3n) is 1.91. The Kier molecular flexibility index (Phi) is 2.28. The molecule has 0 spiro atoms. The van der Waals surface area contributed by atoms with Crippen LogP contribution >= 0.6 is 0 Å². The molecule has 0 aromatic carbocycles. The van der Waals surface area contributed by atoms with Crippen LogP contribution in [0.5, 0.6) is 0 Å². The Morgan fingerprint density at radius 3 is 3.00 bits per heavy atom. The monoisotopic (exact) mass is 138 g/mol. The molecule has 1 aliphatic rings. The highest BCUT2D eigenvalue weighted by atomic mass is 16.3. The fourth-order valence-corrected chi connectivity index (χ4v) is 1.33. The van der Waals surface area contributed by atoms with E-state index in [2.05, 4.69) is 6.58 Å². The Hall–Kier alpha value is -0.560. The van der Waals surface area contributed by atoms with Gasteiger partial charge < -0.3 is 5.11 Å². The lowest BCUT2D eigenvalue weighted by molar-refractivity contribution is 0.0780. The van der Waals surface area contributed by atoms with E-state index in [-0.39, 0.29) is 0 Å². The van der Waals surface area contributed by atoms with E-state index in [1.165, 1.54) is 0 Å². The first-order chi connectivity index (χ1) is 4.77. The molecule has 1 N–H and O–H groups in total. The van der Waals surface area contributed by atoms with E-state index in [0.717, 1.165) is 19.3 Å². The molecule has 1 heteroatoms. The SMILES string of the molecule is C=CC[C@@]1(O)C=CCCC1. The van der Waals surface area contributed by atoms with Gasteiger partial charge >= 0.3 is 0 Å². The van der Waals surface area contributed by atoms with Gasteiger partial charge in [0, 0.05) is 0 Å². The van der Waals surface area contributed by atoms with Gasteiger partial charge in [-0.2, -0.15) is 0 Å². The minimum atomic E-state index is -0.569. The van der Waals surface area contributed by atoms with Crippen LogP contribution in [0.25, 0.3) is 0 Å². The summed E-state index contributed by atoms with van der Waals surface area (Å²) in [6.45, 7) is 3.61. The molecule has 10 heavy (non-hydrogen) atoms. The zero-order valence-corrected chi connectivity index (χ0v) is 6.21. The van der Waals surface area contributed by atoms with Gasteiger partial charge in [0.2, 0.25) is 0 Å². The van der Waals surface area contributed by atoms with Crippen LogP contribution in [0.2, 0.25) is 0 Å². The topological polar surface area (TPSA) is 20.2 Å². The standard InChI is InChI=1S/C9H14O/c1-2-6-9(10)7-4-3-5-8-9/h2,4,7,10H,1,3,5-6,8H2/t9-/m1/s1. The number of hydrogen-bond donors (Lipinski definition) is 1. The first-order valence-corrected chi connectivity index (χ1v) is 3.78. The van der Waals surface area contributed by atoms with Crippen molar-refractivity contribution in [3.05, 3.63) is 24.8 Å². The zero-order chi connectivity index (χ0) is 7.45. The lowest BCUT2D eigenvalue weighted by Crippen LogP contribution is -2.26. The second-order valence-electron chi connectivity index (χ2n) is 2.89. The normalized spacial score (nSPS) is 32.1. The minimum absolute atomic E-state index is 0.569. The van der Waals surface area contributed by atoms with Crippen LogP contribution in [-0.4, -0.2) is 10.7 Å². The maximum absolute atomic E-state index is 9.71. The summed E-state index contributed by atoms with van der Waals surface area (Å²) < 4.78 is 0. The second kappa shape index (κ2) is 3.02. The molecule has 0 aromatic heterocycles. The van der Waals surface area contributed by atoms with Gasteiger partial charge in [0.25, 0.3) is 0 Å². The largest absolute Gasteiger partial charge is 0.385 e. The van der Waals surface area contributed by atoms with Gasteiger partial charge in [-0.05, 0) is 25.7 Å². The molecule has 0 amide bonds. The van der Waals surface area contributed by atoms with Crippen molar-refractivity contribution in [2.24, 2.45) is 0 Å². The average Bonchev–Trinajstić information content (AvgIpc) is 1.89. The number of rotatable bonds is 2. The smallest absolute Gasteiger partial charge is 0.0861 e. The van der Waals surface area contributed by atoms with Crippen LogP contribution in [0, 0.1) is 0 Å². The predicted octanol–water partition coefficient (Wildman–Crippen LogP) is 2.03. The van der Waals surface area contributed by atoms with Crippen LogP contribution in [-0.2, 0) is 0 Å². The predicted molar refractivity (Wildman–Crippen MR) is 42.8 cm³/mol. The van der Waals surface area contributed by atoms with Crippen molar-refractivity contribution in [3.8, 4) is 0 Å². The molecule has 1 atom stereocenters. The molecule has 0 bridgehead atoms. The van der Waals surface area contributed by atoms with E-state index in [1.807, 2.05) is 12.2 Å². The first kappa shape index (κ1) is 7.55. The number of allylic oxidation sites excluding steroid dienone is 1. The highest BCUT2D eigenvalue weighted by molar-refractivity contribution is 5.07. The second-order valence-corrected chi connectivity index (χ2v) is 2.89. The van der Waals surface area contributed by atoms with Crippen LogP contribution in [0.4, 0.5) is 0 Å². The molecule has 1 nitrogen and oxygen atoms in total. The van der Waals surface area contributed by atoms with Crippen LogP contribution < -0.4 is 0 Å². The Balaban J connectivity index is 2.56. The van der Waals surface area contributed by atoms with Crippen molar-refractivity contribution in [2.75, 3.05) is 0 Å². The molecule has 0 fully saturated rings. The third kappa shape index (κ3) is 1.71. The molecule has 56 valence electrons. The van der Waals surface area contributed by atoms with E-state index in [4.69, 9.17) is 0 Å². The minimum Gasteiger partial charge on any atom is -0.385 e. The van der Waals surface area contributed by atoms with Gasteiger partial charge in [0.15, 0.2) is 0 Å². The summed E-state index contributed by atoms with van der Waals surface area (Å²) in [4.78, 5) is 0. The van der Waals surface area contributed by atoms with Gasteiger partial charge in [-0.15, -0.1) is 6.58 Å². The molecular weight excluding hydrogens is 124 g/mol. The summed E-state index contributed by atoms with van der Waals surface area (Å²) in [7, 11) is 0. The van der Waals surface area contributed by atoms with Gasteiger partial charge in [-0.1, -0.05) is 18.2 Å². The van der Waals surface area contributed by atoms with Crippen molar-refractivity contribution in [3.63, 3.8) is 0 Å². The molecule has 1 aliphatic carbocycles. The summed E-state index contributed by atoms with van der Waals surface area (Å²) in [5.41, 5.74) is -0.569. The molecule has 0 unspecified atom stereocenters. The van der Waals surface area contributed by atoms with Gasteiger partial charge in [-0.25, -0.2) is 0 Å². The van der Waals surface area contributed by atoms with E-state index >= 15 is 0 Å². The average molecular weight is 138 g/mol. The summed E-state index contributed by atoms with van der Waals surface area (Å²) in [5, 5.41) is 9.71. The summed E-state index contributed by atoms with van der Waals surface area (Å²) in [5.74, 6) is 0.